The topological polar surface area (TPSA) is 80.0 Å². The van der Waals surface area contributed by atoms with Gasteiger partial charge in [0.2, 0.25) is 5.88 Å². The van der Waals surface area contributed by atoms with E-state index >= 15 is 0 Å². The van der Waals surface area contributed by atoms with Crippen molar-refractivity contribution in [2.75, 3.05) is 40.0 Å². The summed E-state index contributed by atoms with van der Waals surface area (Å²) >= 11 is 0. The summed E-state index contributed by atoms with van der Waals surface area (Å²) in [7, 11) is 1.57. The third kappa shape index (κ3) is 4.07. The molecular weight excluding hydrogens is 425 g/mol. The zero-order valence-electron chi connectivity index (χ0n) is 18.4. The number of benzene rings is 2. The van der Waals surface area contributed by atoms with Crippen LogP contribution in [0.25, 0.3) is 21.7 Å². The average molecular weight is 451 g/mol. The van der Waals surface area contributed by atoms with Gasteiger partial charge in [0.05, 0.1) is 25.7 Å². The molecule has 0 aliphatic carbocycles. The lowest BCUT2D eigenvalue weighted by atomic mass is 10.0. The van der Waals surface area contributed by atoms with Crippen molar-refractivity contribution in [2.24, 2.45) is 0 Å². The number of hydrogen-bond donors (Lipinski definition) is 2. The fraction of sp³-hybridized carbons (Fsp3) is 0.320. The Morgan fingerprint density at radius 2 is 1.82 bits per heavy atom. The third-order valence-electron chi connectivity index (χ3n) is 6.23. The summed E-state index contributed by atoms with van der Waals surface area (Å²) in [6.45, 7) is 4.49. The number of nitrogens with zero attached hydrogens (tertiary/aromatic N) is 3. The van der Waals surface area contributed by atoms with Crippen LogP contribution in [0.1, 0.15) is 11.1 Å². The van der Waals surface area contributed by atoms with E-state index in [2.05, 4.69) is 9.88 Å². The summed E-state index contributed by atoms with van der Waals surface area (Å²) in [4.78, 5) is 6.76. The van der Waals surface area contributed by atoms with Crippen LogP contribution in [-0.4, -0.2) is 64.6 Å². The van der Waals surface area contributed by atoms with Crippen LogP contribution in [0, 0.1) is 5.82 Å². The van der Waals surface area contributed by atoms with Crippen LogP contribution in [0.15, 0.2) is 42.7 Å². The van der Waals surface area contributed by atoms with Gasteiger partial charge in [-0.05, 0) is 35.7 Å². The van der Waals surface area contributed by atoms with Crippen LogP contribution in [0.4, 0.5) is 4.39 Å². The van der Waals surface area contributed by atoms with E-state index in [1.54, 1.807) is 30.0 Å². The van der Waals surface area contributed by atoms with Crippen LogP contribution in [0.5, 0.6) is 17.4 Å². The van der Waals surface area contributed by atoms with Crippen molar-refractivity contribution in [1.29, 1.82) is 0 Å². The van der Waals surface area contributed by atoms with E-state index < -0.39 is 0 Å². The maximum Gasteiger partial charge on any atom is 0.203 e. The number of aromatic hydroxyl groups is 2. The molecule has 7 nitrogen and oxygen atoms in total. The molecule has 1 fully saturated rings. The van der Waals surface area contributed by atoms with Gasteiger partial charge in [-0.15, -0.1) is 0 Å². The third-order valence-corrected chi connectivity index (χ3v) is 6.23. The van der Waals surface area contributed by atoms with Crippen LogP contribution < -0.4 is 4.74 Å². The lowest BCUT2D eigenvalue weighted by Gasteiger charge is -2.26. The molecule has 1 aliphatic rings. The fourth-order valence-electron chi connectivity index (χ4n) is 4.48. The predicted molar refractivity (Wildman–Crippen MR) is 124 cm³/mol. The molecule has 172 valence electrons. The first kappa shape index (κ1) is 21.5. The number of aromatic nitrogens is 2. The van der Waals surface area contributed by atoms with Crippen molar-refractivity contribution in [2.45, 2.75) is 13.0 Å². The van der Waals surface area contributed by atoms with Gasteiger partial charge in [-0.25, -0.2) is 4.39 Å². The normalized spacial score (nSPS) is 14.8. The van der Waals surface area contributed by atoms with Crippen molar-refractivity contribution >= 4 is 21.7 Å². The Labute approximate surface area is 190 Å². The quantitative estimate of drug-likeness (QED) is 0.466. The number of fused-ring (bicyclic) bond motifs is 2. The molecule has 0 saturated carbocycles. The molecule has 2 aromatic carbocycles. The first-order valence-electron chi connectivity index (χ1n) is 11.0. The molecule has 5 rings (SSSR count). The molecule has 3 heterocycles. The molecule has 0 amide bonds. The zero-order valence-corrected chi connectivity index (χ0v) is 18.4. The Morgan fingerprint density at radius 1 is 1.06 bits per heavy atom. The second kappa shape index (κ2) is 8.88. The van der Waals surface area contributed by atoms with Crippen LogP contribution in [-0.2, 0) is 17.7 Å². The van der Waals surface area contributed by atoms with Gasteiger partial charge in [-0.2, -0.15) is 0 Å². The van der Waals surface area contributed by atoms with Crippen molar-refractivity contribution in [3.8, 4) is 17.4 Å². The molecule has 8 heteroatoms. The van der Waals surface area contributed by atoms with Gasteiger partial charge in [0.1, 0.15) is 17.1 Å². The highest BCUT2D eigenvalue weighted by Gasteiger charge is 2.22. The van der Waals surface area contributed by atoms with Crippen LogP contribution in [0.3, 0.4) is 0 Å². The molecule has 1 aliphatic heterocycles. The second-order valence-corrected chi connectivity index (χ2v) is 8.31. The summed E-state index contributed by atoms with van der Waals surface area (Å²) in [5.74, 6) is 0.193. The maximum absolute atomic E-state index is 13.2. The molecule has 0 atom stereocenters. The van der Waals surface area contributed by atoms with E-state index in [1.807, 2.05) is 12.3 Å². The predicted octanol–water partition coefficient (Wildman–Crippen LogP) is 3.67. The van der Waals surface area contributed by atoms with E-state index in [1.165, 1.54) is 12.1 Å². The van der Waals surface area contributed by atoms with Crippen molar-refractivity contribution in [3.05, 3.63) is 59.7 Å². The van der Waals surface area contributed by atoms with Crippen LogP contribution >= 0.6 is 0 Å². The molecule has 0 unspecified atom stereocenters. The highest BCUT2D eigenvalue weighted by atomic mass is 19.1. The van der Waals surface area contributed by atoms with E-state index in [4.69, 9.17) is 9.47 Å². The minimum Gasteiger partial charge on any atom is -0.505 e. The molecule has 2 N–H and O–H groups in total. The van der Waals surface area contributed by atoms with Crippen molar-refractivity contribution in [1.82, 2.24) is 14.5 Å². The number of rotatable bonds is 6. The summed E-state index contributed by atoms with van der Waals surface area (Å²) < 4.78 is 26.1. The smallest absolute Gasteiger partial charge is 0.203 e. The van der Waals surface area contributed by atoms with E-state index in [9.17, 15) is 14.6 Å². The molecule has 0 radical (unpaired) electrons. The van der Waals surface area contributed by atoms with Gasteiger partial charge in [0, 0.05) is 49.3 Å². The summed E-state index contributed by atoms with van der Waals surface area (Å²) in [5, 5.41) is 23.5. The number of phenols is 1. The monoisotopic (exact) mass is 451 g/mol. The van der Waals surface area contributed by atoms with Crippen molar-refractivity contribution in [3.63, 3.8) is 0 Å². The first-order chi connectivity index (χ1) is 16.0. The summed E-state index contributed by atoms with van der Waals surface area (Å²) in [5.41, 5.74) is 2.22. The number of pyridine rings is 1. The highest BCUT2D eigenvalue weighted by Crippen LogP contribution is 2.46. The lowest BCUT2D eigenvalue weighted by molar-refractivity contribution is 0.0362. The number of hydrogen-bond acceptors (Lipinski definition) is 6. The maximum atomic E-state index is 13.2. The number of halogens is 1. The molecule has 2 aromatic heterocycles. The molecule has 0 bridgehead atoms. The zero-order chi connectivity index (χ0) is 22.9. The number of morpholine rings is 1. The number of methoxy groups -OCH3 is 1. The number of ether oxygens (including phenoxy) is 2. The second-order valence-electron chi connectivity index (χ2n) is 8.31. The summed E-state index contributed by atoms with van der Waals surface area (Å²) in [6, 6.07) is 8.27. The van der Waals surface area contributed by atoms with Crippen molar-refractivity contribution < 1.29 is 24.1 Å². The molecular formula is C25H26FN3O4. The molecule has 1 saturated heterocycles. The molecule has 0 spiro atoms. The SMILES string of the molecule is COc1c2cc(Cc3ccc(F)cc3)cnc2c(O)c2c(O)n(CCN3CCOCC3)cc12. The standard InChI is InChI=1S/C25H26FN3O4/c1-32-24-19-13-17(12-16-2-4-18(26)5-3-16)14-27-22(19)23(30)21-20(24)15-29(25(21)31)7-6-28-8-10-33-11-9-28/h2-5,13-15,30-31H,6-12H2,1H3. The Morgan fingerprint density at radius 3 is 2.55 bits per heavy atom. The van der Waals surface area contributed by atoms with Gasteiger partial charge in [0.25, 0.3) is 0 Å². The minimum absolute atomic E-state index is 0.00634. The fourth-order valence-corrected chi connectivity index (χ4v) is 4.48. The molecule has 4 aromatic rings. The Hall–Kier alpha value is -3.36. The van der Waals surface area contributed by atoms with Gasteiger partial charge >= 0.3 is 0 Å². The largest absolute Gasteiger partial charge is 0.505 e. The van der Waals surface area contributed by atoms with E-state index in [0.29, 0.717) is 53.6 Å². The van der Waals surface area contributed by atoms with E-state index in [-0.39, 0.29) is 17.4 Å². The highest BCUT2D eigenvalue weighted by molar-refractivity contribution is 6.11. The van der Waals surface area contributed by atoms with Gasteiger partial charge in [-0.1, -0.05) is 12.1 Å². The summed E-state index contributed by atoms with van der Waals surface area (Å²) in [6.07, 6.45) is 4.07. The molecule has 33 heavy (non-hydrogen) atoms. The van der Waals surface area contributed by atoms with Gasteiger partial charge in [0.15, 0.2) is 5.75 Å². The lowest BCUT2D eigenvalue weighted by Crippen LogP contribution is -2.38. The van der Waals surface area contributed by atoms with E-state index in [0.717, 1.165) is 30.8 Å². The first-order valence-corrected chi connectivity index (χ1v) is 11.0. The Kier molecular flexibility index (Phi) is 5.78. The number of phenolic OH excluding ortho intramolecular Hbond substituents is 1. The Balaban J connectivity index is 1.53. The van der Waals surface area contributed by atoms with Gasteiger partial charge in [-0.3, -0.25) is 9.88 Å². The average Bonchev–Trinajstić information content (AvgIpc) is 3.16. The minimum atomic E-state index is -0.276. The van der Waals surface area contributed by atoms with Crippen LogP contribution in [0.2, 0.25) is 0 Å². The van der Waals surface area contributed by atoms with Gasteiger partial charge < -0.3 is 24.3 Å². The Bertz CT molecular complexity index is 1300.